The number of methoxy groups -OCH3 is 1. The fourth-order valence-corrected chi connectivity index (χ4v) is 1.07. The summed E-state index contributed by atoms with van der Waals surface area (Å²) in [5, 5.41) is 0.503. The van der Waals surface area contributed by atoms with Gasteiger partial charge in [-0.3, -0.25) is 0 Å². The summed E-state index contributed by atoms with van der Waals surface area (Å²) >= 11 is 4.89. The van der Waals surface area contributed by atoms with E-state index in [1.54, 1.807) is 13.2 Å². The zero-order valence-electron chi connectivity index (χ0n) is 7.78. The van der Waals surface area contributed by atoms with Gasteiger partial charge in [0, 0.05) is 0 Å². The molecule has 2 heteroatoms. The first-order valence-corrected chi connectivity index (χ1v) is 4.46. The van der Waals surface area contributed by atoms with Crippen molar-refractivity contribution in [2.45, 2.75) is 6.92 Å². The van der Waals surface area contributed by atoms with Gasteiger partial charge >= 0.3 is 0 Å². The number of hydrogen-bond acceptors (Lipinski definition) is 2. The fraction of sp³-hybridized carbons (Fsp3) is 0.182. The van der Waals surface area contributed by atoms with E-state index < -0.39 is 0 Å². The van der Waals surface area contributed by atoms with E-state index in [2.05, 4.69) is 13.0 Å². The quantitative estimate of drug-likeness (QED) is 0.526. The molecule has 0 atom stereocenters. The van der Waals surface area contributed by atoms with Crippen LogP contribution in [0.25, 0.3) is 6.08 Å². The van der Waals surface area contributed by atoms with E-state index in [4.69, 9.17) is 17.0 Å². The van der Waals surface area contributed by atoms with E-state index in [0.29, 0.717) is 5.05 Å². The van der Waals surface area contributed by atoms with Crippen LogP contribution in [-0.4, -0.2) is 12.2 Å². The van der Waals surface area contributed by atoms with Crippen LogP contribution < -0.4 is 0 Å². The first kappa shape index (κ1) is 9.93. The summed E-state index contributed by atoms with van der Waals surface area (Å²) < 4.78 is 4.86. The summed E-state index contributed by atoms with van der Waals surface area (Å²) in [4.78, 5) is 0. The highest BCUT2D eigenvalue weighted by Gasteiger charge is 1.91. The summed E-state index contributed by atoms with van der Waals surface area (Å²) in [7, 11) is 1.57. The van der Waals surface area contributed by atoms with E-state index in [9.17, 15) is 0 Å². The Morgan fingerprint density at radius 1 is 1.38 bits per heavy atom. The first-order valence-electron chi connectivity index (χ1n) is 4.05. The highest BCUT2D eigenvalue weighted by molar-refractivity contribution is 7.80. The van der Waals surface area contributed by atoms with Gasteiger partial charge in [0.05, 0.1) is 7.11 Å². The van der Waals surface area contributed by atoms with Crippen LogP contribution in [0.2, 0.25) is 0 Å². The summed E-state index contributed by atoms with van der Waals surface area (Å²) in [6.07, 6.45) is 3.75. The summed E-state index contributed by atoms with van der Waals surface area (Å²) in [5.41, 5.74) is 2.40. The van der Waals surface area contributed by atoms with Gasteiger partial charge in [-0.25, -0.2) is 0 Å². The third-order valence-electron chi connectivity index (χ3n) is 1.79. The number of ether oxygens (including phenoxy) is 1. The molecule has 13 heavy (non-hydrogen) atoms. The predicted octanol–water partition coefficient (Wildman–Crippen LogP) is 2.98. The van der Waals surface area contributed by atoms with Crippen molar-refractivity contribution in [3.8, 4) is 0 Å². The van der Waals surface area contributed by atoms with Gasteiger partial charge in [0.2, 0.25) is 0 Å². The second-order valence-corrected chi connectivity index (χ2v) is 3.12. The summed E-state index contributed by atoms with van der Waals surface area (Å²) in [6, 6.07) is 8.13. The van der Waals surface area contributed by atoms with Crippen molar-refractivity contribution in [2.24, 2.45) is 0 Å². The molecule has 0 saturated heterocycles. The molecule has 1 rings (SSSR count). The lowest BCUT2D eigenvalue weighted by Gasteiger charge is -1.98. The van der Waals surface area contributed by atoms with Crippen LogP contribution in [0.15, 0.2) is 30.3 Å². The average Bonchev–Trinajstić information content (AvgIpc) is 2.16. The van der Waals surface area contributed by atoms with Crippen LogP contribution in [0.1, 0.15) is 11.1 Å². The molecular formula is C11H12OS. The van der Waals surface area contributed by atoms with E-state index in [0.717, 1.165) is 0 Å². The SMILES string of the molecule is COC(=S)C=Cc1ccccc1C. The lowest BCUT2D eigenvalue weighted by atomic mass is 10.1. The Morgan fingerprint density at radius 2 is 2.08 bits per heavy atom. The topological polar surface area (TPSA) is 9.23 Å². The molecule has 0 aliphatic rings. The zero-order valence-corrected chi connectivity index (χ0v) is 8.60. The molecule has 0 aromatic heterocycles. The molecule has 1 nitrogen and oxygen atoms in total. The van der Waals surface area contributed by atoms with Crippen molar-refractivity contribution in [3.63, 3.8) is 0 Å². The van der Waals surface area contributed by atoms with Crippen molar-refractivity contribution in [1.82, 2.24) is 0 Å². The molecule has 1 aromatic carbocycles. The number of rotatable bonds is 2. The Bertz CT molecular complexity index is 329. The van der Waals surface area contributed by atoms with E-state index in [-0.39, 0.29) is 0 Å². The zero-order chi connectivity index (χ0) is 9.68. The molecule has 0 N–H and O–H groups in total. The van der Waals surface area contributed by atoms with Crippen LogP contribution in [0, 0.1) is 6.92 Å². The molecule has 0 aliphatic heterocycles. The Balaban J connectivity index is 2.80. The standard InChI is InChI=1S/C11H12OS/c1-9-5-3-4-6-10(9)7-8-11(13)12-2/h3-8H,1-2H3. The van der Waals surface area contributed by atoms with Gasteiger partial charge in [-0.1, -0.05) is 30.3 Å². The predicted molar refractivity (Wildman–Crippen MR) is 59.8 cm³/mol. The maximum atomic E-state index is 4.89. The molecular weight excluding hydrogens is 180 g/mol. The normalized spacial score (nSPS) is 10.3. The summed E-state index contributed by atoms with van der Waals surface area (Å²) in [6.45, 7) is 2.07. The van der Waals surface area contributed by atoms with Crippen LogP contribution in [0.4, 0.5) is 0 Å². The van der Waals surface area contributed by atoms with E-state index in [1.165, 1.54) is 11.1 Å². The maximum Gasteiger partial charge on any atom is 0.183 e. The second kappa shape index (κ2) is 4.77. The first-order chi connectivity index (χ1) is 6.24. The molecule has 0 unspecified atom stereocenters. The van der Waals surface area contributed by atoms with Gasteiger partial charge in [0.25, 0.3) is 0 Å². The highest BCUT2D eigenvalue weighted by atomic mass is 32.1. The van der Waals surface area contributed by atoms with Crippen LogP contribution >= 0.6 is 12.2 Å². The Kier molecular flexibility index (Phi) is 3.65. The third kappa shape index (κ3) is 2.99. The molecule has 68 valence electrons. The monoisotopic (exact) mass is 192 g/mol. The number of thiocarbonyl (C=S) groups is 1. The molecule has 0 saturated carbocycles. The van der Waals surface area contributed by atoms with Crippen molar-refractivity contribution < 1.29 is 4.74 Å². The molecule has 0 radical (unpaired) electrons. The minimum atomic E-state index is 0.503. The van der Waals surface area contributed by atoms with E-state index in [1.807, 2.05) is 24.3 Å². The van der Waals surface area contributed by atoms with Gasteiger partial charge in [0.15, 0.2) is 5.05 Å². The largest absolute Gasteiger partial charge is 0.487 e. The van der Waals surface area contributed by atoms with Gasteiger partial charge in [0.1, 0.15) is 0 Å². The smallest absolute Gasteiger partial charge is 0.183 e. The lowest BCUT2D eigenvalue weighted by Crippen LogP contribution is -1.90. The van der Waals surface area contributed by atoms with E-state index >= 15 is 0 Å². The highest BCUT2D eigenvalue weighted by Crippen LogP contribution is 2.08. The van der Waals surface area contributed by atoms with Gasteiger partial charge in [-0.05, 0) is 36.3 Å². The van der Waals surface area contributed by atoms with Crippen molar-refractivity contribution in [2.75, 3.05) is 7.11 Å². The fourth-order valence-electron chi connectivity index (χ4n) is 1.000. The lowest BCUT2D eigenvalue weighted by molar-refractivity contribution is 0.418. The molecule has 0 fully saturated rings. The number of hydrogen-bond donors (Lipinski definition) is 0. The van der Waals surface area contributed by atoms with Gasteiger partial charge < -0.3 is 4.74 Å². The van der Waals surface area contributed by atoms with Crippen LogP contribution in [-0.2, 0) is 4.74 Å². The molecule has 0 spiro atoms. The van der Waals surface area contributed by atoms with Crippen molar-refractivity contribution in [1.29, 1.82) is 0 Å². The van der Waals surface area contributed by atoms with Gasteiger partial charge in [-0.2, -0.15) is 0 Å². The van der Waals surface area contributed by atoms with Crippen LogP contribution in [0.5, 0.6) is 0 Å². The average molecular weight is 192 g/mol. The van der Waals surface area contributed by atoms with Crippen molar-refractivity contribution >= 4 is 23.3 Å². The minimum Gasteiger partial charge on any atom is -0.487 e. The number of aryl methyl sites for hydroxylation is 1. The maximum absolute atomic E-state index is 4.89. The molecule has 1 aromatic rings. The summed E-state index contributed by atoms with van der Waals surface area (Å²) in [5.74, 6) is 0. The third-order valence-corrected chi connectivity index (χ3v) is 2.09. The second-order valence-electron chi connectivity index (χ2n) is 2.71. The Hall–Kier alpha value is -1.15. The molecule has 0 amide bonds. The van der Waals surface area contributed by atoms with Crippen LogP contribution in [0.3, 0.4) is 0 Å². The molecule has 0 bridgehead atoms. The minimum absolute atomic E-state index is 0.503. The van der Waals surface area contributed by atoms with Crippen molar-refractivity contribution in [3.05, 3.63) is 41.5 Å². The molecule has 0 heterocycles. The Labute approximate surface area is 84.0 Å². The number of benzene rings is 1. The Morgan fingerprint density at radius 3 is 2.69 bits per heavy atom. The van der Waals surface area contributed by atoms with Gasteiger partial charge in [-0.15, -0.1) is 0 Å². The molecule has 0 aliphatic carbocycles.